The van der Waals surface area contributed by atoms with Crippen molar-refractivity contribution < 1.29 is 89.3 Å². The first-order valence-electron chi connectivity index (χ1n) is 6.38. The molecule has 0 atom stereocenters. The number of halogens is 20. The van der Waals surface area contributed by atoms with Crippen molar-refractivity contribution in [2.45, 2.75) is 54.1 Å². The Bertz CT molecular complexity index is 597. The first-order chi connectivity index (χ1) is 13.0. The normalized spacial score (nSPS) is 15.4. The fourth-order valence-corrected chi connectivity index (χ4v) is 1.35. The second-order valence-electron chi connectivity index (χ2n) is 5.11. The molecule has 0 fully saturated rings. The molecule has 0 rings (SSSR count). The fraction of sp³-hybridized carbons (Fsp3) is 0.900. The molecule has 0 unspecified atom stereocenters. The molecule has 0 radical (unpaired) electrons. The third-order valence-corrected chi connectivity index (χ3v) is 3.10. The van der Waals surface area contributed by atoms with Gasteiger partial charge in [0.15, 0.2) is 0 Å². The summed E-state index contributed by atoms with van der Waals surface area (Å²) in [5.74, 6) is -55.9. The van der Waals surface area contributed by atoms with Gasteiger partial charge < -0.3 is 6.92 Å². The molecule has 0 aliphatic heterocycles. The third-order valence-electron chi connectivity index (χ3n) is 3.10. The molecule has 0 bridgehead atoms. The second-order valence-corrected chi connectivity index (χ2v) is 12.9. The van der Waals surface area contributed by atoms with Gasteiger partial charge >= 0.3 is 84.3 Å². The summed E-state index contributed by atoms with van der Waals surface area (Å²) < 4.78 is 215. The Hall–Kier alpha value is 0.394. The van der Waals surface area contributed by atoms with Crippen LogP contribution in [0.2, 0.25) is 0 Å². The molecule has 0 heterocycles. The maximum absolute atomic E-state index is 13.0. The van der Waals surface area contributed by atoms with Crippen LogP contribution < -0.4 is 0 Å². The molecule has 31 heavy (non-hydrogen) atoms. The van der Waals surface area contributed by atoms with Gasteiger partial charge in [-0.1, -0.05) is 0 Å². The molecule has 0 spiro atoms. The number of rotatable bonds is 7. The van der Waals surface area contributed by atoms with E-state index in [1.807, 2.05) is 6.92 Å². The molecule has 0 N–H and O–H groups in total. The van der Waals surface area contributed by atoms with Crippen LogP contribution in [0.3, 0.4) is 0 Å². The zero-order valence-corrected chi connectivity index (χ0v) is 17.3. The first-order valence-corrected chi connectivity index (χ1v) is 12.8. The van der Waals surface area contributed by atoms with E-state index in [0.29, 0.717) is 0 Å². The van der Waals surface area contributed by atoms with Gasteiger partial charge in [-0.15, -0.1) is 6.42 Å². The van der Waals surface area contributed by atoms with Crippen molar-refractivity contribution in [3.63, 3.8) is 0 Å². The third kappa shape index (κ3) is 5.56. The molecule has 0 saturated carbocycles. The van der Waals surface area contributed by atoms with E-state index in [0.717, 1.165) is 0 Å². The van der Waals surface area contributed by atoms with Crippen LogP contribution in [0.1, 0.15) is 6.42 Å². The first kappa shape index (κ1) is 33.6. The van der Waals surface area contributed by atoms with Crippen LogP contribution in [0.15, 0.2) is 0 Å². The molecule has 0 aliphatic rings. The monoisotopic (exact) mass is 600 g/mol. The Kier molecular flexibility index (Phi) is 10.4. The van der Waals surface area contributed by atoms with Gasteiger partial charge in [0, 0.05) is 0 Å². The summed E-state index contributed by atoms with van der Waals surface area (Å²) in [5.41, 5.74) is 0. The zero-order valence-electron chi connectivity index (χ0n) is 13.5. The van der Waals surface area contributed by atoms with Gasteiger partial charge in [-0.05, 0) is 0 Å². The summed E-state index contributed by atoms with van der Waals surface area (Å²) in [7, 11) is 14.9. The molecule has 0 nitrogen and oxygen atoms in total. The molecular weight excluding hydrogens is 597 g/mol. The van der Waals surface area contributed by atoms with Gasteiger partial charge in [0.05, 0.1) is 0 Å². The topological polar surface area (TPSA) is 0 Å². The van der Waals surface area contributed by atoms with Gasteiger partial charge in [0.1, 0.15) is 0 Å². The minimum atomic E-state index is -8.58. The fourth-order valence-electron chi connectivity index (χ4n) is 1.35. The van der Waals surface area contributed by atoms with E-state index in [2.05, 4.69) is 0 Å². The van der Waals surface area contributed by atoms with Crippen molar-refractivity contribution in [1.82, 2.24) is 0 Å². The maximum atomic E-state index is 13.0. The van der Waals surface area contributed by atoms with Crippen LogP contribution in [0.25, 0.3) is 0 Å². The Morgan fingerprint density at radius 1 is 0.452 bits per heavy atom. The van der Waals surface area contributed by atoms with Crippen molar-refractivity contribution in [3.05, 3.63) is 6.92 Å². The van der Waals surface area contributed by atoms with E-state index < -0.39 is 68.7 Å². The Labute approximate surface area is 178 Å². The van der Waals surface area contributed by atoms with E-state index in [4.69, 9.17) is 27.9 Å². The van der Waals surface area contributed by atoms with E-state index in [1.165, 1.54) is 0 Å². The van der Waals surface area contributed by atoms with Crippen LogP contribution in [0.4, 0.5) is 74.6 Å². The Balaban J connectivity index is 0. The van der Waals surface area contributed by atoms with Crippen molar-refractivity contribution in [1.29, 1.82) is 0 Å². The molecular formula is C10H4Cl3F17Ti. The van der Waals surface area contributed by atoms with Crippen LogP contribution >= 0.6 is 27.9 Å². The number of alkyl halides is 17. The van der Waals surface area contributed by atoms with Crippen LogP contribution in [0.5, 0.6) is 0 Å². The predicted octanol–water partition coefficient (Wildman–Crippen LogP) is 8.29. The number of hydrogen-bond acceptors (Lipinski definition) is 0. The summed E-state index contributed by atoms with van der Waals surface area (Å²) in [4.78, 5) is 0. The standard InChI is InChI=1S/C10H4F17.3ClH.Ti/c1-2-3(11,12)4(13,14)5(15,16)6(17,18)7(19,20)8(21,22)9(23,24)10(25,26)27;;;;/h1-2H2;3*1H;/q-1;;;;+4/p-3. The SMILES string of the molecule is [CH2-]CC(F)(F)C(F)(F)C(F)(F)C(F)(F)C(F)(F)C(F)(F)C(F)(F)C(F)(F)F.[Cl][Ti+]([Cl])[Cl]. The summed E-state index contributed by atoms with van der Waals surface area (Å²) in [6.07, 6.45) is -10.4. The second kappa shape index (κ2) is 9.57. The quantitative estimate of drug-likeness (QED) is 0.157. The van der Waals surface area contributed by atoms with E-state index in [9.17, 15) is 74.6 Å². The van der Waals surface area contributed by atoms with Crippen LogP contribution in [-0.4, -0.2) is 47.6 Å². The van der Waals surface area contributed by atoms with Crippen LogP contribution in [-0.2, 0) is 14.7 Å². The molecule has 0 aromatic rings. The summed E-state index contributed by atoms with van der Waals surface area (Å²) in [6.45, 7) is 1.89. The molecule has 0 aromatic carbocycles. The van der Waals surface area contributed by atoms with Crippen molar-refractivity contribution >= 4 is 27.9 Å². The average molecular weight is 601 g/mol. The Morgan fingerprint density at radius 3 is 0.839 bits per heavy atom. The average Bonchev–Trinajstić information content (AvgIpc) is 2.51. The van der Waals surface area contributed by atoms with Gasteiger partial charge in [-0.2, -0.15) is 65.9 Å². The molecule has 0 amide bonds. The zero-order chi connectivity index (χ0) is 26.3. The van der Waals surface area contributed by atoms with E-state index in [1.54, 1.807) is 0 Å². The van der Waals surface area contributed by atoms with Crippen molar-refractivity contribution in [2.24, 2.45) is 0 Å². The van der Waals surface area contributed by atoms with Gasteiger partial charge in [-0.3, -0.25) is 0 Å². The minimum absolute atomic E-state index is 1.89. The Morgan fingerprint density at radius 2 is 0.645 bits per heavy atom. The van der Waals surface area contributed by atoms with Crippen molar-refractivity contribution in [3.8, 4) is 0 Å². The summed E-state index contributed by atoms with van der Waals surface area (Å²) in [6, 6.07) is 0. The van der Waals surface area contributed by atoms with Crippen LogP contribution in [0, 0.1) is 6.92 Å². The van der Waals surface area contributed by atoms with E-state index in [-0.39, 0.29) is 0 Å². The molecule has 0 saturated heterocycles. The molecule has 188 valence electrons. The predicted molar refractivity (Wildman–Crippen MR) is 68.2 cm³/mol. The van der Waals surface area contributed by atoms with Gasteiger partial charge in [-0.25, -0.2) is 8.78 Å². The number of hydrogen-bond donors (Lipinski definition) is 0. The van der Waals surface area contributed by atoms with Gasteiger partial charge in [0.25, 0.3) is 5.92 Å². The summed E-state index contributed by atoms with van der Waals surface area (Å²) >= 11 is -1.92. The molecule has 21 heteroatoms. The van der Waals surface area contributed by atoms with Crippen molar-refractivity contribution in [2.75, 3.05) is 0 Å². The van der Waals surface area contributed by atoms with Gasteiger partial charge in [0.2, 0.25) is 0 Å². The molecule has 0 aromatic heterocycles. The summed E-state index contributed by atoms with van der Waals surface area (Å²) in [5, 5.41) is 0. The molecule has 0 aliphatic carbocycles. The van der Waals surface area contributed by atoms with E-state index >= 15 is 0 Å².